The number of carbonyl (C=O) groups is 1. The van der Waals surface area contributed by atoms with E-state index in [1.165, 1.54) is 41.3 Å². The van der Waals surface area contributed by atoms with Crippen LogP contribution >= 0.6 is 39.0 Å². The van der Waals surface area contributed by atoms with Crippen LogP contribution in [0.5, 0.6) is 5.75 Å². The fourth-order valence-electron chi connectivity index (χ4n) is 2.28. The lowest BCUT2D eigenvalue weighted by atomic mass is 10.2. The van der Waals surface area contributed by atoms with Crippen molar-refractivity contribution in [3.8, 4) is 5.75 Å². The third kappa shape index (κ3) is 6.02. The molecule has 0 aliphatic rings. The molecule has 0 saturated heterocycles. The van der Waals surface area contributed by atoms with Crippen molar-refractivity contribution in [3.63, 3.8) is 0 Å². The summed E-state index contributed by atoms with van der Waals surface area (Å²) >= 11 is 6.06. The molecule has 10 heteroatoms. The Bertz CT molecular complexity index is 1040. The Morgan fingerprint density at radius 3 is 2.79 bits per heavy atom. The van der Waals surface area contributed by atoms with Crippen LogP contribution in [-0.4, -0.2) is 29.1 Å². The number of halogens is 1. The lowest BCUT2D eigenvalue weighted by Crippen LogP contribution is -2.13. The van der Waals surface area contributed by atoms with Crippen LogP contribution in [0.4, 0.5) is 5.69 Å². The number of non-ortho nitro benzene ring substituents is 1. The number of aromatic nitrogens is 1. The number of benzene rings is 2. The molecule has 0 aliphatic heterocycles. The number of hydrogen-bond acceptors (Lipinski definition) is 8. The van der Waals surface area contributed by atoms with Crippen molar-refractivity contribution in [3.05, 3.63) is 73.7 Å². The molecule has 0 amide bonds. The second-order valence-corrected chi connectivity index (χ2v) is 8.80. The van der Waals surface area contributed by atoms with Gasteiger partial charge in [0.15, 0.2) is 4.34 Å². The molecule has 0 saturated carbocycles. The van der Waals surface area contributed by atoms with Gasteiger partial charge >= 0.3 is 5.97 Å². The van der Waals surface area contributed by atoms with Gasteiger partial charge in [-0.05, 0) is 31.2 Å². The molecule has 0 atom stereocenters. The Kier molecular flexibility index (Phi) is 7.24. The number of aryl methyl sites for hydroxylation is 1. The molecule has 2 aromatic carbocycles. The zero-order valence-corrected chi connectivity index (χ0v) is 18.4. The average molecular weight is 495 g/mol. The maximum atomic E-state index is 12.6. The van der Waals surface area contributed by atoms with E-state index in [1.54, 1.807) is 12.1 Å². The predicted octanol–water partition coefficient (Wildman–Crippen LogP) is 5.51. The number of esters is 1. The van der Waals surface area contributed by atoms with Crippen molar-refractivity contribution in [2.45, 2.75) is 16.2 Å². The lowest BCUT2D eigenvalue weighted by Gasteiger charge is -2.10. The number of carbonyl (C=O) groups excluding carboxylic acids is 1. The van der Waals surface area contributed by atoms with E-state index in [0.29, 0.717) is 10.6 Å². The third-order valence-corrected chi connectivity index (χ3v) is 6.20. The molecule has 0 aliphatic carbocycles. The Labute approximate surface area is 183 Å². The van der Waals surface area contributed by atoms with Gasteiger partial charge in [0, 0.05) is 32.6 Å². The number of nitro groups is 1. The van der Waals surface area contributed by atoms with Gasteiger partial charge in [-0.3, -0.25) is 10.1 Å². The van der Waals surface area contributed by atoms with E-state index in [0.717, 1.165) is 14.5 Å². The standard InChI is InChI=1S/C19H15BrN2O5S2/c1-12-11-28-19(21-12)29-17-6-5-14(22(24)25)10-16(17)18(23)27-8-7-26-15-4-2-3-13(20)9-15/h2-6,9-11H,7-8H2,1H3. The predicted molar refractivity (Wildman–Crippen MR) is 114 cm³/mol. The van der Waals surface area contributed by atoms with Gasteiger partial charge in [-0.1, -0.05) is 33.8 Å². The largest absolute Gasteiger partial charge is 0.490 e. The Morgan fingerprint density at radius 1 is 1.28 bits per heavy atom. The third-order valence-electron chi connectivity index (χ3n) is 3.57. The molecule has 150 valence electrons. The minimum atomic E-state index is -0.651. The van der Waals surface area contributed by atoms with Crippen LogP contribution in [-0.2, 0) is 4.74 Å². The van der Waals surface area contributed by atoms with Crippen LogP contribution in [0.25, 0.3) is 0 Å². The molecule has 7 nitrogen and oxygen atoms in total. The molecule has 0 bridgehead atoms. The van der Waals surface area contributed by atoms with Crippen LogP contribution in [0, 0.1) is 17.0 Å². The highest BCUT2D eigenvalue weighted by molar-refractivity contribution is 9.10. The van der Waals surface area contributed by atoms with E-state index in [1.807, 2.05) is 24.4 Å². The summed E-state index contributed by atoms with van der Waals surface area (Å²) in [6.07, 6.45) is 0. The Hall–Kier alpha value is -2.43. The first-order chi connectivity index (χ1) is 13.9. The van der Waals surface area contributed by atoms with Gasteiger partial charge in [-0.2, -0.15) is 0 Å². The number of hydrogen-bond donors (Lipinski definition) is 0. The summed E-state index contributed by atoms with van der Waals surface area (Å²) in [5, 5.41) is 13.0. The zero-order valence-electron chi connectivity index (χ0n) is 15.2. The van der Waals surface area contributed by atoms with E-state index >= 15 is 0 Å². The summed E-state index contributed by atoms with van der Waals surface area (Å²) in [6, 6.07) is 11.4. The lowest BCUT2D eigenvalue weighted by molar-refractivity contribution is -0.384. The van der Waals surface area contributed by atoms with Crippen molar-refractivity contribution < 1.29 is 19.2 Å². The van der Waals surface area contributed by atoms with Gasteiger partial charge in [0.05, 0.1) is 10.5 Å². The van der Waals surface area contributed by atoms with Crippen molar-refractivity contribution in [1.29, 1.82) is 0 Å². The highest BCUT2D eigenvalue weighted by Gasteiger charge is 2.19. The summed E-state index contributed by atoms with van der Waals surface area (Å²) in [4.78, 5) is 28.0. The van der Waals surface area contributed by atoms with Gasteiger partial charge in [-0.25, -0.2) is 9.78 Å². The topological polar surface area (TPSA) is 91.6 Å². The summed E-state index contributed by atoms with van der Waals surface area (Å²) in [5.41, 5.74) is 0.815. The number of ether oxygens (including phenoxy) is 2. The first kappa shape index (κ1) is 21.3. The number of thiazole rings is 1. The molecule has 3 aromatic rings. The van der Waals surface area contributed by atoms with E-state index in [9.17, 15) is 14.9 Å². The van der Waals surface area contributed by atoms with Crippen LogP contribution in [0.3, 0.4) is 0 Å². The molecule has 29 heavy (non-hydrogen) atoms. The molecule has 0 radical (unpaired) electrons. The van der Waals surface area contributed by atoms with Gasteiger partial charge < -0.3 is 9.47 Å². The minimum absolute atomic E-state index is 0.00844. The molecular weight excluding hydrogens is 480 g/mol. The molecule has 0 fully saturated rings. The molecule has 0 unspecified atom stereocenters. The van der Waals surface area contributed by atoms with Crippen LogP contribution < -0.4 is 4.74 Å². The van der Waals surface area contributed by atoms with Crippen LogP contribution in [0.15, 0.2) is 61.6 Å². The smallest absolute Gasteiger partial charge is 0.339 e. The van der Waals surface area contributed by atoms with Gasteiger partial charge in [0.2, 0.25) is 0 Å². The second kappa shape index (κ2) is 9.86. The van der Waals surface area contributed by atoms with Crippen molar-refractivity contribution in [2.75, 3.05) is 13.2 Å². The molecule has 0 N–H and O–H groups in total. The first-order valence-electron chi connectivity index (χ1n) is 8.36. The molecule has 1 heterocycles. The van der Waals surface area contributed by atoms with E-state index in [-0.39, 0.29) is 24.5 Å². The fourth-order valence-corrected chi connectivity index (χ4v) is 4.55. The van der Waals surface area contributed by atoms with Crippen LogP contribution in [0.1, 0.15) is 16.1 Å². The maximum Gasteiger partial charge on any atom is 0.339 e. The summed E-state index contributed by atoms with van der Waals surface area (Å²) in [6.45, 7) is 2.04. The van der Waals surface area contributed by atoms with E-state index < -0.39 is 10.9 Å². The van der Waals surface area contributed by atoms with Gasteiger partial charge in [0.25, 0.3) is 5.69 Å². The Morgan fingerprint density at radius 2 is 2.10 bits per heavy atom. The number of rotatable bonds is 8. The van der Waals surface area contributed by atoms with E-state index in [4.69, 9.17) is 9.47 Å². The highest BCUT2D eigenvalue weighted by Crippen LogP contribution is 2.34. The van der Waals surface area contributed by atoms with Crippen molar-refractivity contribution in [1.82, 2.24) is 4.98 Å². The zero-order chi connectivity index (χ0) is 20.8. The van der Waals surface area contributed by atoms with Crippen molar-refractivity contribution in [2.24, 2.45) is 0 Å². The summed E-state index contributed by atoms with van der Waals surface area (Å²) < 4.78 is 12.4. The summed E-state index contributed by atoms with van der Waals surface area (Å²) in [5.74, 6) is -0.0107. The normalized spacial score (nSPS) is 10.6. The SMILES string of the molecule is Cc1csc(Sc2ccc([N+](=O)[O-])cc2C(=O)OCCOc2cccc(Br)c2)n1. The first-order valence-corrected chi connectivity index (χ1v) is 10.8. The molecule has 0 spiro atoms. The monoisotopic (exact) mass is 494 g/mol. The highest BCUT2D eigenvalue weighted by atomic mass is 79.9. The van der Waals surface area contributed by atoms with E-state index in [2.05, 4.69) is 20.9 Å². The second-order valence-electron chi connectivity index (χ2n) is 5.74. The Balaban J connectivity index is 1.68. The molecule has 3 rings (SSSR count). The summed E-state index contributed by atoms with van der Waals surface area (Å²) in [7, 11) is 0. The van der Waals surface area contributed by atoms with Crippen molar-refractivity contribution >= 4 is 50.7 Å². The van der Waals surface area contributed by atoms with Gasteiger partial charge in [-0.15, -0.1) is 11.3 Å². The quantitative estimate of drug-likeness (QED) is 0.176. The fraction of sp³-hybridized carbons (Fsp3) is 0.158. The minimum Gasteiger partial charge on any atom is -0.490 e. The number of nitrogens with zero attached hydrogens (tertiary/aromatic N) is 2. The maximum absolute atomic E-state index is 12.6. The molecular formula is C19H15BrN2O5S2. The molecule has 1 aromatic heterocycles. The average Bonchev–Trinajstić information content (AvgIpc) is 3.10. The van der Waals surface area contributed by atoms with Crippen LogP contribution in [0.2, 0.25) is 0 Å². The van der Waals surface area contributed by atoms with Gasteiger partial charge in [0.1, 0.15) is 19.0 Å². The number of nitro benzene ring substituents is 1.